The van der Waals surface area contributed by atoms with Gasteiger partial charge in [-0.1, -0.05) is 42.5 Å². The summed E-state index contributed by atoms with van der Waals surface area (Å²) in [5, 5.41) is 10.2. The Hall–Kier alpha value is -2.99. The monoisotopic (exact) mass is 310 g/mol. The molecule has 0 saturated heterocycles. The van der Waals surface area contributed by atoms with Crippen LogP contribution in [0.2, 0.25) is 0 Å². The molecule has 0 aliphatic carbocycles. The summed E-state index contributed by atoms with van der Waals surface area (Å²) in [6.07, 6.45) is 0.156. The second-order valence-electron chi connectivity index (χ2n) is 5.20. The third-order valence-corrected chi connectivity index (χ3v) is 3.66. The predicted molar refractivity (Wildman–Crippen MR) is 81.6 cm³/mol. The maximum atomic E-state index is 12.3. The molecule has 6 heteroatoms. The number of carboxylic acid groups (broad SMARTS) is 1. The van der Waals surface area contributed by atoms with Crippen LogP contribution in [0.5, 0.6) is 0 Å². The zero-order chi connectivity index (χ0) is 16.4. The van der Waals surface area contributed by atoms with Crippen LogP contribution in [0.3, 0.4) is 0 Å². The number of aliphatic carboxylic acids is 1. The summed E-state index contributed by atoms with van der Waals surface area (Å²) in [6.45, 7) is 0. The van der Waals surface area contributed by atoms with E-state index in [1.54, 1.807) is 48.5 Å². The molecule has 3 rings (SSSR count). The lowest BCUT2D eigenvalue weighted by Crippen LogP contribution is -2.52. The van der Waals surface area contributed by atoms with Gasteiger partial charge >= 0.3 is 5.97 Å². The molecule has 2 amide bonds. The van der Waals surface area contributed by atoms with Gasteiger partial charge in [-0.2, -0.15) is 0 Å². The second kappa shape index (κ2) is 6.02. The number of benzene rings is 2. The highest BCUT2D eigenvalue weighted by Crippen LogP contribution is 2.21. The molecule has 0 spiro atoms. The van der Waals surface area contributed by atoms with E-state index >= 15 is 0 Å². The third-order valence-electron chi connectivity index (χ3n) is 3.66. The molecular formula is C17H14N2O4. The first-order chi connectivity index (χ1) is 11.1. The van der Waals surface area contributed by atoms with E-state index in [1.807, 2.05) is 6.07 Å². The van der Waals surface area contributed by atoms with Crippen LogP contribution in [0.4, 0.5) is 0 Å². The Morgan fingerprint density at radius 3 is 2.00 bits per heavy atom. The quantitative estimate of drug-likeness (QED) is 0.817. The molecule has 1 atom stereocenters. The summed E-state index contributed by atoms with van der Waals surface area (Å²) in [7, 11) is 0. The van der Waals surface area contributed by atoms with Gasteiger partial charge in [0.05, 0.1) is 11.1 Å². The van der Waals surface area contributed by atoms with E-state index in [1.165, 1.54) is 0 Å². The first kappa shape index (κ1) is 14.9. The summed E-state index contributed by atoms with van der Waals surface area (Å²) >= 11 is 0. The fraction of sp³-hybridized carbons (Fsp3) is 0.118. The van der Waals surface area contributed by atoms with Crippen molar-refractivity contribution < 1.29 is 19.5 Å². The van der Waals surface area contributed by atoms with E-state index in [-0.39, 0.29) is 17.5 Å². The lowest BCUT2D eigenvalue weighted by Gasteiger charge is -2.21. The molecule has 116 valence electrons. The van der Waals surface area contributed by atoms with E-state index in [9.17, 15) is 19.5 Å². The Balaban J connectivity index is 1.81. The fourth-order valence-electron chi connectivity index (χ4n) is 2.50. The van der Waals surface area contributed by atoms with Gasteiger partial charge in [0.2, 0.25) is 0 Å². The molecule has 0 aromatic heterocycles. The zero-order valence-corrected chi connectivity index (χ0v) is 12.1. The number of carbonyl (C=O) groups is 3. The van der Waals surface area contributed by atoms with Gasteiger partial charge in [-0.3, -0.25) is 14.4 Å². The standard InChI is InChI=1S/C17H14N2O4/c20-15-12-8-4-5-9-13(12)16(21)19(15)18-14(17(22)23)10-11-6-2-1-3-7-11/h1-9,14,18H,10H2,(H,22,23). The normalized spacial score (nSPS) is 14.7. The first-order valence-corrected chi connectivity index (χ1v) is 7.08. The number of amides is 2. The van der Waals surface area contributed by atoms with Crippen molar-refractivity contribution in [3.05, 3.63) is 71.3 Å². The highest BCUT2D eigenvalue weighted by Gasteiger charge is 2.37. The van der Waals surface area contributed by atoms with E-state index in [4.69, 9.17) is 0 Å². The Morgan fingerprint density at radius 2 is 1.48 bits per heavy atom. The van der Waals surface area contributed by atoms with Gasteiger partial charge < -0.3 is 5.11 Å². The topological polar surface area (TPSA) is 86.7 Å². The number of imide groups is 1. The average Bonchev–Trinajstić information content (AvgIpc) is 2.80. The number of fused-ring (bicyclic) bond motifs is 1. The van der Waals surface area contributed by atoms with Crippen LogP contribution in [-0.2, 0) is 11.2 Å². The van der Waals surface area contributed by atoms with Gasteiger partial charge in [-0.25, -0.2) is 10.4 Å². The summed E-state index contributed by atoms with van der Waals surface area (Å²) in [4.78, 5) is 36.0. The zero-order valence-electron chi connectivity index (χ0n) is 12.1. The lowest BCUT2D eigenvalue weighted by atomic mass is 10.1. The maximum Gasteiger partial charge on any atom is 0.322 e. The van der Waals surface area contributed by atoms with Crippen LogP contribution in [0.1, 0.15) is 26.3 Å². The van der Waals surface area contributed by atoms with Crippen molar-refractivity contribution in [3.8, 4) is 0 Å². The number of hydrazine groups is 1. The van der Waals surface area contributed by atoms with E-state index in [0.29, 0.717) is 0 Å². The number of hydrogen-bond acceptors (Lipinski definition) is 4. The molecule has 0 fully saturated rings. The molecule has 1 unspecified atom stereocenters. The molecule has 1 heterocycles. The van der Waals surface area contributed by atoms with Crippen LogP contribution < -0.4 is 5.43 Å². The smallest absolute Gasteiger partial charge is 0.322 e. The molecule has 1 aliphatic rings. The summed E-state index contributed by atoms with van der Waals surface area (Å²) < 4.78 is 0. The van der Waals surface area contributed by atoms with Crippen LogP contribution in [0, 0.1) is 0 Å². The highest BCUT2D eigenvalue weighted by molar-refractivity contribution is 6.21. The lowest BCUT2D eigenvalue weighted by molar-refractivity contribution is -0.140. The molecule has 2 aromatic rings. The predicted octanol–water partition coefficient (Wildman–Crippen LogP) is 1.48. The molecule has 0 saturated carbocycles. The van der Waals surface area contributed by atoms with Crippen molar-refractivity contribution in [1.82, 2.24) is 10.4 Å². The SMILES string of the molecule is O=C(O)C(Cc1ccccc1)NN1C(=O)c2ccccc2C1=O. The van der Waals surface area contributed by atoms with Crippen molar-refractivity contribution >= 4 is 17.8 Å². The number of rotatable bonds is 5. The van der Waals surface area contributed by atoms with Crippen LogP contribution in [0.15, 0.2) is 54.6 Å². The molecule has 1 aliphatic heterocycles. The Morgan fingerprint density at radius 1 is 0.957 bits per heavy atom. The van der Waals surface area contributed by atoms with E-state index in [2.05, 4.69) is 5.43 Å². The minimum Gasteiger partial charge on any atom is -0.480 e. The largest absolute Gasteiger partial charge is 0.480 e. The van der Waals surface area contributed by atoms with Crippen molar-refractivity contribution in [1.29, 1.82) is 0 Å². The average molecular weight is 310 g/mol. The number of carboxylic acids is 1. The van der Waals surface area contributed by atoms with E-state index < -0.39 is 23.8 Å². The van der Waals surface area contributed by atoms with E-state index in [0.717, 1.165) is 10.6 Å². The Kier molecular flexibility index (Phi) is 3.91. The molecule has 23 heavy (non-hydrogen) atoms. The molecule has 6 nitrogen and oxygen atoms in total. The summed E-state index contributed by atoms with van der Waals surface area (Å²) in [5.41, 5.74) is 3.88. The van der Waals surface area contributed by atoms with Gasteiger partial charge in [0.25, 0.3) is 11.8 Å². The molecule has 0 bridgehead atoms. The van der Waals surface area contributed by atoms with Crippen molar-refractivity contribution in [2.24, 2.45) is 0 Å². The highest BCUT2D eigenvalue weighted by atomic mass is 16.4. The number of nitrogens with one attached hydrogen (secondary N) is 1. The summed E-state index contributed by atoms with van der Waals surface area (Å²) in [6, 6.07) is 14.3. The second-order valence-corrected chi connectivity index (χ2v) is 5.20. The first-order valence-electron chi connectivity index (χ1n) is 7.08. The number of nitrogens with zero attached hydrogens (tertiary/aromatic N) is 1. The van der Waals surface area contributed by atoms with Crippen LogP contribution in [-0.4, -0.2) is 33.9 Å². The number of hydrogen-bond donors (Lipinski definition) is 2. The maximum absolute atomic E-state index is 12.3. The van der Waals surface area contributed by atoms with Gasteiger partial charge in [-0.15, -0.1) is 0 Å². The van der Waals surface area contributed by atoms with Gasteiger partial charge in [-0.05, 0) is 17.7 Å². The van der Waals surface area contributed by atoms with Gasteiger partial charge in [0.1, 0.15) is 6.04 Å². The van der Waals surface area contributed by atoms with Crippen molar-refractivity contribution in [2.75, 3.05) is 0 Å². The molecule has 2 aromatic carbocycles. The molecule has 2 N–H and O–H groups in total. The summed E-state index contributed by atoms with van der Waals surface area (Å²) in [5.74, 6) is -2.21. The minimum absolute atomic E-state index is 0.156. The minimum atomic E-state index is -1.13. The molecular weight excluding hydrogens is 296 g/mol. The molecule has 0 radical (unpaired) electrons. The van der Waals surface area contributed by atoms with Crippen molar-refractivity contribution in [2.45, 2.75) is 12.5 Å². The third kappa shape index (κ3) is 2.84. The van der Waals surface area contributed by atoms with Crippen LogP contribution >= 0.6 is 0 Å². The van der Waals surface area contributed by atoms with Crippen LogP contribution in [0.25, 0.3) is 0 Å². The fourth-order valence-corrected chi connectivity index (χ4v) is 2.50. The van der Waals surface area contributed by atoms with Gasteiger partial charge in [0.15, 0.2) is 0 Å². The number of carbonyl (C=O) groups excluding carboxylic acids is 2. The Bertz CT molecular complexity index is 738. The Labute approximate surface area is 132 Å². The van der Waals surface area contributed by atoms with Crippen molar-refractivity contribution in [3.63, 3.8) is 0 Å². The van der Waals surface area contributed by atoms with Gasteiger partial charge in [0, 0.05) is 6.42 Å².